The van der Waals surface area contributed by atoms with Gasteiger partial charge in [-0.15, -0.1) is 0 Å². The monoisotopic (exact) mass is 327 g/mol. The Bertz CT molecular complexity index is 419. The Kier molecular flexibility index (Phi) is 5.66. The summed E-state index contributed by atoms with van der Waals surface area (Å²) < 4.78 is 6.44. The van der Waals surface area contributed by atoms with E-state index >= 15 is 0 Å². The summed E-state index contributed by atoms with van der Waals surface area (Å²) in [5.74, 6) is 0.612. The number of rotatable bonds is 6. The molecule has 104 valence electrons. The zero-order chi connectivity index (χ0) is 13.5. The van der Waals surface area contributed by atoms with Gasteiger partial charge in [-0.1, -0.05) is 34.8 Å². The van der Waals surface area contributed by atoms with E-state index in [2.05, 4.69) is 21.4 Å². The number of halogens is 1. The van der Waals surface area contributed by atoms with Gasteiger partial charge < -0.3 is 4.74 Å². The van der Waals surface area contributed by atoms with Crippen LogP contribution in [0.1, 0.15) is 32.1 Å². The second-order valence-electron chi connectivity index (χ2n) is 4.61. The van der Waals surface area contributed by atoms with Crippen molar-refractivity contribution in [3.8, 4) is 5.75 Å². The predicted molar refractivity (Wildman–Crippen MR) is 75.7 cm³/mol. The Labute approximate surface area is 121 Å². The first-order valence-electron chi connectivity index (χ1n) is 6.57. The van der Waals surface area contributed by atoms with E-state index in [4.69, 9.17) is 9.57 Å². The van der Waals surface area contributed by atoms with E-state index in [9.17, 15) is 4.79 Å². The van der Waals surface area contributed by atoms with Crippen LogP contribution in [0, 0.1) is 0 Å². The van der Waals surface area contributed by atoms with Gasteiger partial charge in [-0.25, -0.2) is 5.48 Å². The molecule has 5 heteroatoms. The van der Waals surface area contributed by atoms with Crippen LogP contribution in [0.5, 0.6) is 5.75 Å². The summed E-state index contributed by atoms with van der Waals surface area (Å²) >= 11 is 3.37. The van der Waals surface area contributed by atoms with Crippen LogP contribution < -0.4 is 10.2 Å². The summed E-state index contributed by atoms with van der Waals surface area (Å²) in [6, 6.07) is 7.54. The van der Waals surface area contributed by atoms with Gasteiger partial charge in [0.2, 0.25) is 5.91 Å². The van der Waals surface area contributed by atoms with Crippen molar-refractivity contribution in [2.24, 2.45) is 0 Å². The van der Waals surface area contributed by atoms with Crippen molar-refractivity contribution in [3.63, 3.8) is 0 Å². The standard InChI is InChI=1S/C14H18BrNO3/c15-11-4-3-7-13(10-11)18-9-8-14(17)16-19-12-5-1-2-6-12/h3-4,7,10,12H,1-2,5-6,8-9H2,(H,16,17). The molecule has 0 aromatic heterocycles. The molecule has 4 nitrogen and oxygen atoms in total. The van der Waals surface area contributed by atoms with Crippen molar-refractivity contribution >= 4 is 21.8 Å². The number of hydroxylamine groups is 1. The van der Waals surface area contributed by atoms with Crippen LogP contribution in [0.15, 0.2) is 28.7 Å². The van der Waals surface area contributed by atoms with Crippen LogP contribution in [-0.2, 0) is 9.63 Å². The first-order valence-corrected chi connectivity index (χ1v) is 7.36. The Balaban J connectivity index is 1.60. The van der Waals surface area contributed by atoms with Crippen LogP contribution in [0.4, 0.5) is 0 Å². The van der Waals surface area contributed by atoms with Gasteiger partial charge in [-0.05, 0) is 31.0 Å². The maximum absolute atomic E-state index is 11.5. The van der Waals surface area contributed by atoms with E-state index in [-0.39, 0.29) is 12.0 Å². The topological polar surface area (TPSA) is 47.6 Å². The van der Waals surface area contributed by atoms with E-state index in [1.54, 1.807) is 0 Å². The highest BCUT2D eigenvalue weighted by molar-refractivity contribution is 9.10. The molecule has 1 aliphatic carbocycles. The highest BCUT2D eigenvalue weighted by Crippen LogP contribution is 2.20. The van der Waals surface area contributed by atoms with Crippen molar-refractivity contribution in [3.05, 3.63) is 28.7 Å². The third-order valence-electron chi connectivity index (χ3n) is 3.04. The molecule has 1 amide bonds. The highest BCUT2D eigenvalue weighted by Gasteiger charge is 2.16. The smallest absolute Gasteiger partial charge is 0.246 e. The number of nitrogens with one attached hydrogen (secondary N) is 1. The molecule has 0 atom stereocenters. The molecule has 1 N–H and O–H groups in total. The van der Waals surface area contributed by atoms with Crippen LogP contribution in [0.25, 0.3) is 0 Å². The summed E-state index contributed by atoms with van der Waals surface area (Å²) in [7, 11) is 0. The molecule has 0 heterocycles. The van der Waals surface area contributed by atoms with Crippen molar-refractivity contribution in [1.82, 2.24) is 5.48 Å². The number of carbonyl (C=O) groups is 1. The largest absolute Gasteiger partial charge is 0.493 e. The second-order valence-corrected chi connectivity index (χ2v) is 5.52. The van der Waals surface area contributed by atoms with Gasteiger partial charge in [0.05, 0.1) is 19.1 Å². The number of amides is 1. The first-order chi connectivity index (χ1) is 9.24. The van der Waals surface area contributed by atoms with Crippen LogP contribution >= 0.6 is 15.9 Å². The van der Waals surface area contributed by atoms with E-state index in [1.165, 1.54) is 12.8 Å². The maximum atomic E-state index is 11.5. The molecule has 1 aromatic rings. The zero-order valence-corrected chi connectivity index (χ0v) is 12.3. The third kappa shape index (κ3) is 5.20. The van der Waals surface area contributed by atoms with Gasteiger partial charge in [0.15, 0.2) is 0 Å². The van der Waals surface area contributed by atoms with Crippen molar-refractivity contribution in [1.29, 1.82) is 0 Å². The van der Waals surface area contributed by atoms with Crippen LogP contribution in [-0.4, -0.2) is 18.6 Å². The van der Waals surface area contributed by atoms with Crippen molar-refractivity contribution < 1.29 is 14.4 Å². The lowest BCUT2D eigenvalue weighted by molar-refractivity contribution is -0.138. The first kappa shape index (κ1) is 14.3. The molecule has 1 aliphatic rings. The molecule has 0 spiro atoms. The Hall–Kier alpha value is -1.07. The van der Waals surface area contributed by atoms with E-state index in [1.807, 2.05) is 24.3 Å². The SMILES string of the molecule is O=C(CCOc1cccc(Br)c1)NOC1CCCC1. The Morgan fingerprint density at radius 1 is 1.37 bits per heavy atom. The summed E-state index contributed by atoms with van der Waals surface area (Å²) in [5.41, 5.74) is 2.49. The predicted octanol–water partition coefficient (Wildman–Crippen LogP) is 3.21. The van der Waals surface area contributed by atoms with Gasteiger partial charge in [-0.3, -0.25) is 9.63 Å². The minimum absolute atomic E-state index is 0.137. The molecular weight excluding hydrogens is 310 g/mol. The quantitative estimate of drug-likeness (QED) is 0.816. The van der Waals surface area contributed by atoms with Crippen molar-refractivity contribution in [2.75, 3.05) is 6.61 Å². The Morgan fingerprint density at radius 3 is 2.89 bits per heavy atom. The minimum Gasteiger partial charge on any atom is -0.493 e. The lowest BCUT2D eigenvalue weighted by Crippen LogP contribution is -2.29. The molecule has 1 aromatic carbocycles. The number of hydrogen-bond donors (Lipinski definition) is 1. The molecule has 0 bridgehead atoms. The fourth-order valence-electron chi connectivity index (χ4n) is 2.02. The van der Waals surface area contributed by atoms with Gasteiger partial charge in [0, 0.05) is 4.47 Å². The molecule has 19 heavy (non-hydrogen) atoms. The number of carbonyl (C=O) groups excluding carboxylic acids is 1. The molecular formula is C14H18BrNO3. The highest BCUT2D eigenvalue weighted by atomic mass is 79.9. The summed E-state index contributed by atoms with van der Waals surface area (Å²) in [4.78, 5) is 16.9. The van der Waals surface area contributed by atoms with Crippen molar-refractivity contribution in [2.45, 2.75) is 38.2 Å². The lowest BCUT2D eigenvalue weighted by atomic mass is 10.3. The lowest BCUT2D eigenvalue weighted by Gasteiger charge is -2.11. The maximum Gasteiger partial charge on any atom is 0.246 e. The molecule has 1 saturated carbocycles. The average Bonchev–Trinajstić information content (AvgIpc) is 2.89. The number of hydrogen-bond acceptors (Lipinski definition) is 3. The minimum atomic E-state index is -0.137. The normalized spacial score (nSPS) is 15.4. The van der Waals surface area contributed by atoms with E-state index < -0.39 is 0 Å². The van der Waals surface area contributed by atoms with E-state index in [0.29, 0.717) is 13.0 Å². The third-order valence-corrected chi connectivity index (χ3v) is 3.53. The summed E-state index contributed by atoms with van der Waals surface area (Å²) in [6.07, 6.45) is 4.93. The van der Waals surface area contributed by atoms with Crippen LogP contribution in [0.2, 0.25) is 0 Å². The summed E-state index contributed by atoms with van der Waals surface area (Å²) in [5, 5.41) is 0. The molecule has 0 saturated heterocycles. The van der Waals surface area contributed by atoms with Gasteiger partial charge in [0.1, 0.15) is 5.75 Å². The molecule has 0 radical (unpaired) electrons. The molecule has 1 fully saturated rings. The number of benzene rings is 1. The zero-order valence-electron chi connectivity index (χ0n) is 10.7. The average molecular weight is 328 g/mol. The van der Waals surface area contributed by atoms with E-state index in [0.717, 1.165) is 23.1 Å². The molecule has 2 rings (SSSR count). The molecule has 0 unspecified atom stereocenters. The van der Waals surface area contributed by atoms with Crippen LogP contribution in [0.3, 0.4) is 0 Å². The fraction of sp³-hybridized carbons (Fsp3) is 0.500. The second kappa shape index (κ2) is 7.50. The van der Waals surface area contributed by atoms with Gasteiger partial charge in [-0.2, -0.15) is 0 Å². The van der Waals surface area contributed by atoms with Gasteiger partial charge >= 0.3 is 0 Å². The summed E-state index contributed by atoms with van der Waals surface area (Å²) in [6.45, 7) is 0.344. The number of ether oxygens (including phenoxy) is 1. The Morgan fingerprint density at radius 2 is 2.16 bits per heavy atom. The fourth-order valence-corrected chi connectivity index (χ4v) is 2.40. The molecule has 0 aliphatic heterocycles. The van der Waals surface area contributed by atoms with Gasteiger partial charge in [0.25, 0.3) is 0 Å².